The van der Waals surface area contributed by atoms with Crippen LogP contribution in [0.25, 0.3) is 44.9 Å². The Morgan fingerprint density at radius 1 is 0.469 bits per heavy atom. The normalized spacial score (nSPS) is 16.9. The van der Waals surface area contributed by atoms with Crippen molar-refractivity contribution in [2.75, 3.05) is 144 Å². The number of nitrogens with zero attached hydrogens (tertiary/aromatic N) is 14. The number of para-hydroxylation sites is 2. The summed E-state index contributed by atoms with van der Waals surface area (Å²) in [5.74, 6) is 0.442. The van der Waals surface area contributed by atoms with Gasteiger partial charge in [-0.1, -0.05) is 115 Å². The van der Waals surface area contributed by atoms with Gasteiger partial charge in [0.25, 0.3) is 0 Å². The molecule has 34 heteroatoms. The fourth-order valence-corrected chi connectivity index (χ4v) is 31.2. The van der Waals surface area contributed by atoms with Gasteiger partial charge in [-0.15, -0.1) is 0 Å². The minimum absolute atomic E-state index is 0.0105. The quantitative estimate of drug-likeness (QED) is 0.0148. The zero-order chi connectivity index (χ0) is 93.0. The van der Waals surface area contributed by atoms with Crippen LogP contribution < -0.4 is 9.80 Å². The number of anilines is 2. The van der Waals surface area contributed by atoms with Gasteiger partial charge in [-0.2, -0.15) is 34.7 Å². The SMILES string of the molecule is CCC[CH2][Sn]([C]#N)([CH2]CCC)[CH2]CCC.COCCOC(=O)C1(OCCOC)CCC(c2nc3c(-c4cnn(-c5ccccc5)c4)cnn3c(N(COCC[Si](C)(C)C)COCC[Si](C)(C)C)c2Br)CC1.COCCOC(=O)C1(OCCOC)CCC(c2nc3c(-c4cnn(-c5ccccc5)c4)cnn3c(N(COCC[Si](C)(C)C)COCC[Si](C)(C)C)c2C#N)CC1. The van der Waals surface area contributed by atoms with Crippen molar-refractivity contribution in [2.24, 2.45) is 0 Å². The average molecular weight is 2010 g/mol. The molecule has 8 aromatic rings. The summed E-state index contributed by atoms with van der Waals surface area (Å²) < 4.78 is 85.0. The number of hydrogen-bond acceptors (Lipinski definition) is 24. The van der Waals surface area contributed by atoms with Crippen LogP contribution in [-0.4, -0.2) is 257 Å². The molecule has 2 aliphatic rings. The Labute approximate surface area is 778 Å². The van der Waals surface area contributed by atoms with Crippen molar-refractivity contribution in [3.8, 4) is 43.8 Å². The molecule has 0 unspecified atom stereocenters. The van der Waals surface area contributed by atoms with Gasteiger partial charge < -0.3 is 66.6 Å². The van der Waals surface area contributed by atoms with Crippen molar-refractivity contribution in [3.63, 3.8) is 0 Å². The topological polar surface area (TPSA) is 295 Å². The maximum absolute atomic E-state index is 13.6. The molecule has 0 bridgehead atoms. The maximum Gasteiger partial charge on any atom is 0.338 e. The van der Waals surface area contributed by atoms with Crippen molar-refractivity contribution >= 4 is 101 Å². The predicted octanol–water partition coefficient (Wildman–Crippen LogP) is 20.1. The van der Waals surface area contributed by atoms with E-state index in [0.29, 0.717) is 153 Å². The minimum Gasteiger partial charge on any atom is -0.461 e. The fraction of sp³-hybridized carbons (Fsp3) is 0.638. The molecule has 6 heterocycles. The van der Waals surface area contributed by atoms with Crippen LogP contribution in [0.1, 0.15) is 139 Å². The van der Waals surface area contributed by atoms with Gasteiger partial charge in [-0.25, -0.2) is 28.9 Å². The Hall–Kier alpha value is -6.63. The van der Waals surface area contributed by atoms with E-state index in [1.165, 1.54) is 51.8 Å². The van der Waals surface area contributed by atoms with Crippen LogP contribution in [0.5, 0.6) is 0 Å². The Morgan fingerprint density at radius 2 is 0.812 bits per heavy atom. The van der Waals surface area contributed by atoms with E-state index in [4.69, 9.17) is 77.0 Å². The summed E-state index contributed by atoms with van der Waals surface area (Å²) in [5, 5.41) is 39.7. The van der Waals surface area contributed by atoms with Crippen molar-refractivity contribution in [1.29, 1.82) is 10.5 Å². The van der Waals surface area contributed by atoms with E-state index >= 15 is 0 Å². The molecular formula is C94H149BrN14O14Si4Sn. The molecule has 0 N–H and O–H groups in total. The first-order valence-corrected chi connectivity index (χ1v) is 69.3. The summed E-state index contributed by atoms with van der Waals surface area (Å²) in [5.41, 5.74) is 6.26. The smallest absolute Gasteiger partial charge is 0.338 e. The van der Waals surface area contributed by atoms with Gasteiger partial charge >= 0.3 is 112 Å². The Kier molecular flexibility index (Phi) is 43.9. The number of halogens is 1. The third-order valence-electron chi connectivity index (χ3n) is 23.5. The second kappa shape index (κ2) is 52.7. The second-order valence-electron chi connectivity index (χ2n) is 38.7. The molecule has 2 aliphatic carbocycles. The standard InChI is InChI=1S/C41H61N7O7Si2.C40H61BrN6O7Si2.3C4H9.CN.Sn/c1-50-18-20-54-40(49)41(55-21-19-51-2)16-14-32(15-17-41)37-35(26-42)39(46(30-52-22-24-56(3,4)5)31-53-23-25-57(6,7)8)48-38(45-37)36(28-44-48)33-27-43-47(29-33)34-12-10-9-11-13-34;1-49-18-20-53-39(48)40(54-21-19-50-2)16-14-31(15-17-40)36-35(41)38(45(29-51-22-24-55(3,4)5)30-52-23-25-56(6,7)8)47-37(44-36)34(27-43-47)32-26-42-46(28-32)33-12-10-9-11-13-33;3*1-3-4-2;1-2;/h9-13,27-29,32H,14-25,30-31H2,1-8H3;9-13,26-28,31H,14-25,29-30H2,1-8H3;3*1,3-4H2,2H3;;. The Bertz CT molecular complexity index is 4650. The van der Waals surface area contributed by atoms with Gasteiger partial charge in [-0.05, 0) is 116 Å². The summed E-state index contributed by atoms with van der Waals surface area (Å²) >= 11 is 1.73. The number of esters is 2. The molecule has 0 amide bonds. The van der Waals surface area contributed by atoms with Gasteiger partial charge in [-0.3, -0.25) is 0 Å². The number of carbonyl (C=O) groups is 2. The number of hydrogen-bond donors (Lipinski definition) is 0. The van der Waals surface area contributed by atoms with E-state index in [2.05, 4.69) is 141 Å². The summed E-state index contributed by atoms with van der Waals surface area (Å²) in [6.07, 6.45) is 23.1. The molecule has 6 aromatic heterocycles. The monoisotopic (exact) mass is 2010 g/mol. The number of nitriles is 2. The zero-order valence-corrected chi connectivity index (χ0v) is 88.8. The van der Waals surface area contributed by atoms with E-state index in [0.717, 1.165) is 73.8 Å². The molecule has 0 radical (unpaired) electrons. The summed E-state index contributed by atoms with van der Waals surface area (Å²) in [6, 6.07) is 26.6. The number of fused-ring (bicyclic) bond motifs is 2. The number of rotatable bonds is 53. The predicted molar refractivity (Wildman–Crippen MR) is 524 cm³/mol. The molecular weight excluding hydrogens is 1860 g/mol. The molecule has 0 aliphatic heterocycles. The van der Waals surface area contributed by atoms with Crippen LogP contribution in [0.15, 0.2) is 102 Å². The molecule has 0 spiro atoms. The van der Waals surface area contributed by atoms with Crippen molar-refractivity contribution < 1.29 is 66.4 Å². The first-order valence-electron chi connectivity index (χ1n) is 46.2. The molecule has 128 heavy (non-hydrogen) atoms. The van der Waals surface area contributed by atoms with Crippen LogP contribution in [0.4, 0.5) is 11.6 Å². The molecule has 10 rings (SSSR count). The largest absolute Gasteiger partial charge is 0.461 e. The average Bonchev–Trinajstić information content (AvgIpc) is 1.37. The van der Waals surface area contributed by atoms with E-state index < -0.39 is 67.8 Å². The number of carbonyl (C=O) groups excluding carboxylic acids is 2. The second-order valence-corrected chi connectivity index (χ2v) is 74.2. The van der Waals surface area contributed by atoms with Gasteiger partial charge in [0.2, 0.25) is 0 Å². The number of methoxy groups -OCH3 is 4. The molecule has 2 fully saturated rings. The van der Waals surface area contributed by atoms with E-state index in [9.17, 15) is 20.1 Å². The van der Waals surface area contributed by atoms with Gasteiger partial charge in [0.1, 0.15) is 51.8 Å². The van der Waals surface area contributed by atoms with Crippen molar-refractivity contribution in [2.45, 2.75) is 250 Å². The number of unbranched alkanes of at least 4 members (excludes halogenated alkanes) is 3. The molecule has 0 saturated heterocycles. The van der Waals surface area contributed by atoms with Gasteiger partial charge in [0.15, 0.2) is 34.1 Å². The maximum atomic E-state index is 13.6. The van der Waals surface area contributed by atoms with Crippen LogP contribution in [0.2, 0.25) is 116 Å². The molecule has 28 nitrogen and oxygen atoms in total. The summed E-state index contributed by atoms with van der Waals surface area (Å²) in [7, 11) is 1.01. The number of benzene rings is 2. The van der Waals surface area contributed by atoms with Crippen LogP contribution in [0.3, 0.4) is 0 Å². The molecule has 0 atom stereocenters. The first kappa shape index (κ1) is 107. The van der Waals surface area contributed by atoms with Gasteiger partial charge in [0.05, 0.1) is 91.7 Å². The number of ether oxygens (including phenoxy) is 12. The summed E-state index contributed by atoms with van der Waals surface area (Å²) in [4.78, 5) is 41.8. The molecule has 2 aromatic carbocycles. The first-order chi connectivity index (χ1) is 61.3. The van der Waals surface area contributed by atoms with E-state index in [1.807, 2.05) is 110 Å². The van der Waals surface area contributed by atoms with Crippen LogP contribution >= 0.6 is 15.9 Å². The van der Waals surface area contributed by atoms with Crippen LogP contribution in [0, 0.1) is 20.7 Å². The van der Waals surface area contributed by atoms with E-state index in [-0.39, 0.29) is 51.1 Å². The van der Waals surface area contributed by atoms with Crippen molar-refractivity contribution in [1.82, 2.24) is 48.8 Å². The van der Waals surface area contributed by atoms with Crippen LogP contribution in [-0.2, 0) is 66.4 Å². The van der Waals surface area contributed by atoms with Crippen molar-refractivity contribution in [3.05, 3.63) is 119 Å². The minimum atomic E-state index is -2.31. The summed E-state index contributed by atoms with van der Waals surface area (Å²) in [6.45, 7) is 40.6. The molecule has 2 saturated carbocycles. The number of aromatic nitrogens is 10. The third kappa shape index (κ3) is 32.4. The Balaban J connectivity index is 0.000000272. The van der Waals surface area contributed by atoms with E-state index in [1.54, 1.807) is 39.2 Å². The van der Waals surface area contributed by atoms with Gasteiger partial charge in [0, 0.05) is 134 Å². The third-order valence-corrected chi connectivity index (χ3v) is 43.7. The zero-order valence-electron chi connectivity index (χ0n) is 80.4. The molecule has 706 valence electrons. The Morgan fingerprint density at radius 3 is 1.16 bits per heavy atom. The fourth-order valence-electron chi connectivity index (χ4n) is 15.5.